The summed E-state index contributed by atoms with van der Waals surface area (Å²) in [5.41, 5.74) is 3.23. The summed E-state index contributed by atoms with van der Waals surface area (Å²) in [6.45, 7) is 2.12. The molecule has 4 nitrogen and oxygen atoms in total. The quantitative estimate of drug-likeness (QED) is 0.529. The summed E-state index contributed by atoms with van der Waals surface area (Å²) in [5, 5.41) is 1.34. The SMILES string of the molecule is CN1C(=O)COC(c2ccc(Cl)cc2)C1c1ccc(Cl)cc1.Cc1ccncc1. The lowest BCUT2D eigenvalue weighted by Gasteiger charge is -2.39. The van der Waals surface area contributed by atoms with E-state index in [1.54, 1.807) is 24.3 Å². The Labute approximate surface area is 181 Å². The van der Waals surface area contributed by atoms with E-state index < -0.39 is 0 Å². The van der Waals surface area contributed by atoms with E-state index >= 15 is 0 Å². The third-order valence-electron chi connectivity index (χ3n) is 4.74. The molecular weight excluding hydrogens is 407 g/mol. The number of amides is 1. The zero-order valence-corrected chi connectivity index (χ0v) is 17.8. The number of likely N-dealkylation sites (N-methyl/N-ethyl adjacent to an activating group) is 1. The molecular formula is C23H22Cl2N2O2. The fourth-order valence-electron chi connectivity index (χ4n) is 3.13. The van der Waals surface area contributed by atoms with Gasteiger partial charge in [-0.2, -0.15) is 0 Å². The van der Waals surface area contributed by atoms with Crippen LogP contribution >= 0.6 is 23.2 Å². The van der Waals surface area contributed by atoms with E-state index in [0.717, 1.165) is 11.1 Å². The predicted molar refractivity (Wildman–Crippen MR) is 116 cm³/mol. The van der Waals surface area contributed by atoms with Crippen molar-refractivity contribution < 1.29 is 9.53 Å². The van der Waals surface area contributed by atoms with E-state index in [0.29, 0.717) is 10.0 Å². The minimum absolute atomic E-state index is 0.0369. The highest BCUT2D eigenvalue weighted by molar-refractivity contribution is 6.30. The maximum Gasteiger partial charge on any atom is 0.248 e. The average molecular weight is 429 g/mol. The normalized spacial score (nSPS) is 18.8. The van der Waals surface area contributed by atoms with Crippen LogP contribution in [0, 0.1) is 6.92 Å². The molecule has 4 rings (SSSR count). The fourth-order valence-corrected chi connectivity index (χ4v) is 3.38. The molecule has 1 aliphatic rings. The lowest BCUT2D eigenvalue weighted by atomic mass is 9.93. The lowest BCUT2D eigenvalue weighted by Crippen LogP contribution is -2.43. The molecule has 6 heteroatoms. The third kappa shape index (κ3) is 5.57. The number of carbonyl (C=O) groups excluding carboxylic acids is 1. The van der Waals surface area contributed by atoms with Crippen molar-refractivity contribution in [2.75, 3.05) is 13.7 Å². The minimum Gasteiger partial charge on any atom is -0.361 e. The molecule has 0 saturated carbocycles. The maximum absolute atomic E-state index is 12.0. The molecule has 0 aliphatic carbocycles. The molecule has 1 amide bonds. The number of nitrogens with zero attached hydrogens (tertiary/aromatic N) is 2. The number of pyridine rings is 1. The van der Waals surface area contributed by atoms with Crippen LogP contribution in [0.15, 0.2) is 73.1 Å². The summed E-state index contributed by atoms with van der Waals surface area (Å²) in [6, 6.07) is 18.8. The van der Waals surface area contributed by atoms with Crippen molar-refractivity contribution in [3.63, 3.8) is 0 Å². The summed E-state index contributed by atoms with van der Waals surface area (Å²) in [5.74, 6) is -0.0369. The Balaban J connectivity index is 0.000000290. The number of aromatic nitrogens is 1. The van der Waals surface area contributed by atoms with Crippen LogP contribution in [0.25, 0.3) is 0 Å². The van der Waals surface area contributed by atoms with E-state index in [2.05, 4.69) is 4.98 Å². The summed E-state index contributed by atoms with van der Waals surface area (Å²) in [7, 11) is 1.80. The maximum atomic E-state index is 12.0. The van der Waals surface area contributed by atoms with Gasteiger partial charge in [0.15, 0.2) is 0 Å². The molecule has 29 heavy (non-hydrogen) atoms. The van der Waals surface area contributed by atoms with Crippen LogP contribution < -0.4 is 0 Å². The summed E-state index contributed by atoms with van der Waals surface area (Å²) in [6.07, 6.45) is 3.34. The molecule has 1 fully saturated rings. The number of morpholine rings is 1. The summed E-state index contributed by atoms with van der Waals surface area (Å²) < 4.78 is 5.82. The standard InChI is InChI=1S/C17H15Cl2NO2.C6H7N/c1-20-15(21)10-22-17(12-4-8-14(19)9-5-12)16(20)11-2-6-13(18)7-3-11;1-6-2-4-7-5-3-6/h2-9,16-17H,10H2,1H3;2-5H,1H3. The van der Waals surface area contributed by atoms with E-state index in [1.807, 2.05) is 67.6 Å². The first kappa shape index (κ1) is 21.3. The molecule has 150 valence electrons. The van der Waals surface area contributed by atoms with Crippen molar-refractivity contribution >= 4 is 29.1 Å². The van der Waals surface area contributed by atoms with Gasteiger partial charge >= 0.3 is 0 Å². The Morgan fingerprint density at radius 1 is 0.897 bits per heavy atom. The number of ether oxygens (including phenoxy) is 1. The van der Waals surface area contributed by atoms with Gasteiger partial charge in [-0.15, -0.1) is 0 Å². The highest BCUT2D eigenvalue weighted by Crippen LogP contribution is 2.39. The third-order valence-corrected chi connectivity index (χ3v) is 5.24. The van der Waals surface area contributed by atoms with Crippen molar-refractivity contribution in [1.29, 1.82) is 0 Å². The first-order chi connectivity index (χ1) is 14.0. The summed E-state index contributed by atoms with van der Waals surface area (Å²) in [4.78, 5) is 17.6. The van der Waals surface area contributed by atoms with Crippen molar-refractivity contribution in [3.05, 3.63) is 99.8 Å². The zero-order valence-electron chi connectivity index (χ0n) is 16.3. The highest BCUT2D eigenvalue weighted by Gasteiger charge is 2.36. The van der Waals surface area contributed by atoms with Gasteiger partial charge in [-0.1, -0.05) is 47.5 Å². The number of hydrogen-bond acceptors (Lipinski definition) is 3. The second-order valence-electron chi connectivity index (χ2n) is 6.81. The van der Waals surface area contributed by atoms with Crippen molar-refractivity contribution in [1.82, 2.24) is 9.88 Å². The van der Waals surface area contributed by atoms with E-state index in [4.69, 9.17) is 27.9 Å². The summed E-state index contributed by atoms with van der Waals surface area (Å²) >= 11 is 11.9. The highest BCUT2D eigenvalue weighted by atomic mass is 35.5. The van der Waals surface area contributed by atoms with Gasteiger partial charge in [-0.25, -0.2) is 0 Å². The first-order valence-electron chi connectivity index (χ1n) is 9.20. The first-order valence-corrected chi connectivity index (χ1v) is 9.96. The molecule has 1 aliphatic heterocycles. The van der Waals surface area contributed by atoms with Gasteiger partial charge in [-0.3, -0.25) is 9.78 Å². The average Bonchev–Trinajstić information content (AvgIpc) is 2.73. The molecule has 0 bridgehead atoms. The molecule has 2 atom stereocenters. The van der Waals surface area contributed by atoms with Gasteiger partial charge in [0.2, 0.25) is 5.91 Å². The van der Waals surface area contributed by atoms with Gasteiger partial charge < -0.3 is 9.64 Å². The Morgan fingerprint density at radius 3 is 1.90 bits per heavy atom. The number of benzene rings is 2. The van der Waals surface area contributed by atoms with Gasteiger partial charge in [0, 0.05) is 29.5 Å². The second-order valence-corrected chi connectivity index (χ2v) is 7.68. The molecule has 1 aromatic heterocycles. The number of hydrogen-bond donors (Lipinski definition) is 0. The molecule has 0 radical (unpaired) electrons. The Hall–Kier alpha value is -2.40. The van der Waals surface area contributed by atoms with Crippen LogP contribution in [0.5, 0.6) is 0 Å². The van der Waals surface area contributed by atoms with Crippen LogP contribution in [-0.4, -0.2) is 29.4 Å². The van der Waals surface area contributed by atoms with Gasteiger partial charge in [0.05, 0.1) is 6.04 Å². The molecule has 1 saturated heterocycles. The van der Waals surface area contributed by atoms with Crippen LogP contribution in [0.4, 0.5) is 0 Å². The zero-order chi connectivity index (χ0) is 20.8. The Morgan fingerprint density at radius 2 is 1.41 bits per heavy atom. The van der Waals surface area contributed by atoms with Crippen LogP contribution in [0.3, 0.4) is 0 Å². The predicted octanol–water partition coefficient (Wildman–Crippen LogP) is 5.65. The lowest BCUT2D eigenvalue weighted by molar-refractivity contribution is -0.155. The topological polar surface area (TPSA) is 42.4 Å². The largest absolute Gasteiger partial charge is 0.361 e. The van der Waals surface area contributed by atoms with Crippen molar-refractivity contribution in [2.24, 2.45) is 0 Å². The number of halogens is 2. The minimum atomic E-state index is -0.235. The van der Waals surface area contributed by atoms with Gasteiger partial charge in [0.25, 0.3) is 0 Å². The number of aryl methyl sites for hydroxylation is 1. The van der Waals surface area contributed by atoms with Crippen LogP contribution in [0.1, 0.15) is 28.8 Å². The van der Waals surface area contributed by atoms with Crippen LogP contribution in [0.2, 0.25) is 10.0 Å². The number of carbonyl (C=O) groups is 1. The Kier molecular flexibility index (Phi) is 7.26. The second kappa shape index (κ2) is 9.88. The van der Waals surface area contributed by atoms with Crippen LogP contribution in [-0.2, 0) is 9.53 Å². The van der Waals surface area contributed by atoms with E-state index in [1.165, 1.54) is 5.56 Å². The monoisotopic (exact) mass is 428 g/mol. The van der Waals surface area contributed by atoms with Crippen molar-refractivity contribution in [3.8, 4) is 0 Å². The molecule has 0 N–H and O–H groups in total. The molecule has 2 heterocycles. The smallest absolute Gasteiger partial charge is 0.248 e. The molecule has 2 unspecified atom stereocenters. The van der Waals surface area contributed by atoms with Gasteiger partial charge in [0.1, 0.15) is 12.7 Å². The van der Waals surface area contributed by atoms with Gasteiger partial charge in [-0.05, 0) is 60.0 Å². The van der Waals surface area contributed by atoms with E-state index in [9.17, 15) is 4.79 Å². The Bertz CT molecular complexity index is 931. The van der Waals surface area contributed by atoms with Crippen molar-refractivity contribution in [2.45, 2.75) is 19.1 Å². The number of rotatable bonds is 2. The fraction of sp³-hybridized carbons (Fsp3) is 0.217. The molecule has 3 aromatic rings. The molecule has 0 spiro atoms. The van der Waals surface area contributed by atoms with E-state index in [-0.39, 0.29) is 24.7 Å². The molecule has 2 aromatic carbocycles.